The second kappa shape index (κ2) is 7.24. The number of halogens is 3. The maximum atomic E-state index is 13.9. The van der Waals surface area contributed by atoms with Crippen molar-refractivity contribution >= 4 is 0 Å². The molecule has 0 spiro atoms. The molecular weight excluding hydrogens is 281 g/mol. The quantitative estimate of drug-likeness (QED) is 0.850. The van der Waals surface area contributed by atoms with E-state index < -0.39 is 23.5 Å². The number of hydrogen-bond acceptors (Lipinski definition) is 3. The summed E-state index contributed by atoms with van der Waals surface area (Å²) >= 11 is 0. The molecule has 1 saturated heterocycles. The summed E-state index contributed by atoms with van der Waals surface area (Å²) < 4.78 is 46.0. The lowest BCUT2D eigenvalue weighted by atomic mass is 9.99. The van der Waals surface area contributed by atoms with Gasteiger partial charge in [-0.2, -0.15) is 0 Å². The summed E-state index contributed by atoms with van der Waals surface area (Å²) in [6.45, 7) is 4.04. The predicted molar refractivity (Wildman–Crippen MR) is 74.3 cm³/mol. The molecule has 1 fully saturated rings. The lowest BCUT2D eigenvalue weighted by Crippen LogP contribution is -2.44. The average Bonchev–Trinajstić information content (AvgIpc) is 2.46. The van der Waals surface area contributed by atoms with Gasteiger partial charge in [0, 0.05) is 31.3 Å². The second-order valence-corrected chi connectivity index (χ2v) is 5.25. The summed E-state index contributed by atoms with van der Waals surface area (Å²) in [5, 5.41) is 0. The summed E-state index contributed by atoms with van der Waals surface area (Å²) in [4.78, 5) is 1.99. The van der Waals surface area contributed by atoms with Gasteiger partial charge in [-0.05, 0) is 32.4 Å². The topological polar surface area (TPSA) is 38.5 Å². The molecule has 1 aromatic carbocycles. The van der Waals surface area contributed by atoms with E-state index >= 15 is 0 Å². The van der Waals surface area contributed by atoms with Gasteiger partial charge in [0.05, 0.1) is 12.1 Å². The van der Waals surface area contributed by atoms with Gasteiger partial charge in [-0.25, -0.2) is 13.2 Å². The molecule has 21 heavy (non-hydrogen) atoms. The molecule has 1 heterocycles. The van der Waals surface area contributed by atoms with Crippen molar-refractivity contribution in [2.45, 2.75) is 31.9 Å². The van der Waals surface area contributed by atoms with Crippen molar-refractivity contribution in [2.75, 3.05) is 26.2 Å². The molecule has 0 radical (unpaired) electrons. The Kier molecular flexibility index (Phi) is 5.61. The van der Waals surface area contributed by atoms with E-state index in [1.807, 2.05) is 11.8 Å². The minimum absolute atomic E-state index is 0.0751. The number of nitrogens with two attached hydrogens (primary N) is 1. The second-order valence-electron chi connectivity index (χ2n) is 5.25. The van der Waals surface area contributed by atoms with Crippen LogP contribution in [0.5, 0.6) is 0 Å². The van der Waals surface area contributed by atoms with Gasteiger partial charge >= 0.3 is 0 Å². The number of likely N-dealkylation sites (tertiary alicyclic amines) is 1. The molecule has 3 nitrogen and oxygen atoms in total. The van der Waals surface area contributed by atoms with Crippen LogP contribution < -0.4 is 5.73 Å². The summed E-state index contributed by atoms with van der Waals surface area (Å²) in [5.74, 6) is -3.00. The average molecular weight is 302 g/mol. The zero-order valence-corrected chi connectivity index (χ0v) is 12.1. The molecule has 2 rings (SSSR count). The third-order valence-corrected chi connectivity index (χ3v) is 3.87. The van der Waals surface area contributed by atoms with E-state index in [0.717, 1.165) is 25.5 Å². The summed E-state index contributed by atoms with van der Waals surface area (Å²) in [6, 6.07) is 1.02. The lowest BCUT2D eigenvalue weighted by molar-refractivity contribution is -0.00707. The van der Waals surface area contributed by atoms with Gasteiger partial charge in [-0.3, -0.25) is 4.90 Å². The Bertz CT molecular complexity index is 482. The van der Waals surface area contributed by atoms with Crippen LogP contribution in [0.15, 0.2) is 12.1 Å². The minimum atomic E-state index is -1.18. The molecule has 1 aliphatic rings. The molecule has 0 aromatic heterocycles. The van der Waals surface area contributed by atoms with Gasteiger partial charge in [-0.1, -0.05) is 0 Å². The number of benzene rings is 1. The SMILES string of the molecule is CCOC1CCCN(C(CN)c2cc(F)c(F)cc2F)C1. The number of nitrogens with zero attached hydrogens (tertiary/aromatic N) is 1. The van der Waals surface area contributed by atoms with Crippen LogP contribution in [-0.2, 0) is 4.74 Å². The highest BCUT2D eigenvalue weighted by Crippen LogP contribution is 2.28. The van der Waals surface area contributed by atoms with Crippen molar-refractivity contribution in [1.29, 1.82) is 0 Å². The van der Waals surface area contributed by atoms with E-state index in [9.17, 15) is 13.2 Å². The van der Waals surface area contributed by atoms with E-state index in [-0.39, 0.29) is 18.2 Å². The molecule has 0 amide bonds. The van der Waals surface area contributed by atoms with Crippen molar-refractivity contribution in [2.24, 2.45) is 5.73 Å². The van der Waals surface area contributed by atoms with Crippen LogP contribution in [0.1, 0.15) is 31.4 Å². The van der Waals surface area contributed by atoms with Crippen molar-refractivity contribution < 1.29 is 17.9 Å². The van der Waals surface area contributed by atoms with Gasteiger partial charge < -0.3 is 10.5 Å². The van der Waals surface area contributed by atoms with Gasteiger partial charge in [0.15, 0.2) is 11.6 Å². The van der Waals surface area contributed by atoms with Gasteiger partial charge in [0.1, 0.15) is 5.82 Å². The standard InChI is InChI=1S/C15H21F3N2O/c1-2-21-10-4-3-5-20(9-10)15(8-19)11-6-13(17)14(18)7-12(11)16/h6-7,10,15H,2-5,8-9,19H2,1H3. The van der Waals surface area contributed by atoms with Crippen molar-refractivity contribution in [3.63, 3.8) is 0 Å². The Morgan fingerprint density at radius 1 is 1.29 bits per heavy atom. The van der Waals surface area contributed by atoms with Gasteiger partial charge in [-0.15, -0.1) is 0 Å². The molecule has 2 atom stereocenters. The smallest absolute Gasteiger partial charge is 0.161 e. The van der Waals surface area contributed by atoms with E-state index in [1.165, 1.54) is 0 Å². The Morgan fingerprint density at radius 2 is 2.00 bits per heavy atom. The fourth-order valence-electron chi connectivity index (χ4n) is 2.89. The Morgan fingerprint density at radius 3 is 2.67 bits per heavy atom. The maximum absolute atomic E-state index is 13.9. The molecule has 0 aliphatic carbocycles. The zero-order valence-electron chi connectivity index (χ0n) is 12.1. The first-order valence-electron chi connectivity index (χ1n) is 7.27. The zero-order chi connectivity index (χ0) is 15.4. The normalized spacial score (nSPS) is 21.5. The highest BCUT2D eigenvalue weighted by Gasteiger charge is 2.28. The Balaban J connectivity index is 2.21. The monoisotopic (exact) mass is 302 g/mol. The predicted octanol–water partition coefficient (Wildman–Crippen LogP) is 2.60. The molecule has 0 saturated carbocycles. The maximum Gasteiger partial charge on any atom is 0.161 e. The van der Waals surface area contributed by atoms with Crippen LogP contribution in [0.3, 0.4) is 0 Å². The van der Waals surface area contributed by atoms with Crippen LogP contribution in [0.2, 0.25) is 0 Å². The van der Waals surface area contributed by atoms with Gasteiger partial charge in [0.25, 0.3) is 0 Å². The first kappa shape index (κ1) is 16.3. The number of ether oxygens (including phenoxy) is 1. The summed E-state index contributed by atoms with van der Waals surface area (Å²) in [5.41, 5.74) is 5.85. The van der Waals surface area contributed by atoms with E-state index in [0.29, 0.717) is 19.2 Å². The van der Waals surface area contributed by atoms with Crippen LogP contribution >= 0.6 is 0 Å². The third-order valence-electron chi connectivity index (χ3n) is 3.87. The van der Waals surface area contributed by atoms with Crippen LogP contribution in [0.4, 0.5) is 13.2 Å². The molecule has 2 unspecified atom stereocenters. The molecule has 6 heteroatoms. The number of piperidine rings is 1. The van der Waals surface area contributed by atoms with Gasteiger partial charge in [0.2, 0.25) is 0 Å². The minimum Gasteiger partial charge on any atom is -0.377 e. The van der Waals surface area contributed by atoms with Crippen LogP contribution in [-0.4, -0.2) is 37.2 Å². The highest BCUT2D eigenvalue weighted by molar-refractivity contribution is 5.24. The molecule has 2 N–H and O–H groups in total. The first-order valence-corrected chi connectivity index (χ1v) is 7.27. The molecule has 1 aliphatic heterocycles. The van der Waals surface area contributed by atoms with Crippen LogP contribution in [0.25, 0.3) is 0 Å². The van der Waals surface area contributed by atoms with Crippen molar-refractivity contribution in [3.8, 4) is 0 Å². The van der Waals surface area contributed by atoms with E-state index in [1.54, 1.807) is 0 Å². The van der Waals surface area contributed by atoms with Crippen molar-refractivity contribution in [3.05, 3.63) is 35.1 Å². The number of rotatable bonds is 5. The Labute approximate surface area is 122 Å². The largest absolute Gasteiger partial charge is 0.377 e. The van der Waals surface area contributed by atoms with E-state index in [4.69, 9.17) is 10.5 Å². The van der Waals surface area contributed by atoms with E-state index in [2.05, 4.69) is 0 Å². The molecule has 0 bridgehead atoms. The van der Waals surface area contributed by atoms with Crippen molar-refractivity contribution in [1.82, 2.24) is 4.90 Å². The van der Waals surface area contributed by atoms with Crippen LogP contribution in [0, 0.1) is 17.5 Å². The molecular formula is C15H21F3N2O. The third kappa shape index (κ3) is 3.75. The fourth-order valence-corrected chi connectivity index (χ4v) is 2.89. The fraction of sp³-hybridized carbons (Fsp3) is 0.600. The lowest BCUT2D eigenvalue weighted by Gasteiger charge is -2.38. The number of hydrogen-bond donors (Lipinski definition) is 1. The molecule has 118 valence electrons. The Hall–Kier alpha value is -1.11. The first-order chi connectivity index (χ1) is 10.1. The summed E-state index contributed by atoms with van der Waals surface area (Å²) in [7, 11) is 0. The highest BCUT2D eigenvalue weighted by atomic mass is 19.2. The molecule has 1 aromatic rings. The summed E-state index contributed by atoms with van der Waals surface area (Å²) in [6.07, 6.45) is 1.93.